The number of fused-ring (bicyclic) bond motifs is 3. The highest BCUT2D eigenvalue weighted by atomic mass is 32.2. The second-order valence-electron chi connectivity index (χ2n) is 7.50. The number of hydrogen-bond acceptors (Lipinski definition) is 8. The Bertz CT molecular complexity index is 1570. The normalized spacial score (nSPS) is 11.2. The molecule has 0 bridgehead atoms. The number of aromatic nitrogens is 5. The Hall–Kier alpha value is -4.12. The Morgan fingerprint density at radius 3 is 2.74 bits per heavy atom. The molecule has 0 aliphatic rings. The van der Waals surface area contributed by atoms with Crippen LogP contribution in [0.5, 0.6) is 5.75 Å². The summed E-state index contributed by atoms with van der Waals surface area (Å²) in [4.78, 5) is 25.8. The third-order valence-corrected chi connectivity index (χ3v) is 6.16. The van der Waals surface area contributed by atoms with Gasteiger partial charge in [0.05, 0.1) is 30.3 Å². The lowest BCUT2D eigenvalue weighted by Crippen LogP contribution is -2.24. The largest absolute Gasteiger partial charge is 0.496 e. The maximum Gasteiger partial charge on any atom is 0.263 e. The standard InChI is InChI=1S/C23H20N6O4S/c1-14-11-19(27-33-14)24-20(30)13-34-23-26-25-22-28(12-15-7-3-6-10-18(15)32-2)21(31)16-8-4-5-9-17(16)29(22)23/h3-11H,12-13H2,1-2H3,(H,24,27,30). The summed E-state index contributed by atoms with van der Waals surface area (Å²) >= 11 is 1.21. The van der Waals surface area contributed by atoms with Crippen molar-refractivity contribution >= 4 is 40.2 Å². The van der Waals surface area contributed by atoms with Crippen molar-refractivity contribution in [3.63, 3.8) is 0 Å². The third kappa shape index (κ3) is 4.01. The first-order valence-electron chi connectivity index (χ1n) is 10.4. The van der Waals surface area contributed by atoms with Crippen molar-refractivity contribution < 1.29 is 14.1 Å². The summed E-state index contributed by atoms with van der Waals surface area (Å²) in [5.41, 5.74) is 1.32. The van der Waals surface area contributed by atoms with Crippen LogP contribution in [0.25, 0.3) is 16.7 Å². The van der Waals surface area contributed by atoms with Gasteiger partial charge in [-0.05, 0) is 25.1 Å². The Balaban J connectivity index is 1.53. The summed E-state index contributed by atoms with van der Waals surface area (Å²) in [5, 5.41) is 16.1. The zero-order chi connectivity index (χ0) is 23.7. The lowest BCUT2D eigenvalue weighted by molar-refractivity contribution is -0.113. The van der Waals surface area contributed by atoms with Gasteiger partial charge in [0.15, 0.2) is 11.0 Å². The van der Waals surface area contributed by atoms with E-state index < -0.39 is 0 Å². The summed E-state index contributed by atoms with van der Waals surface area (Å²) < 4.78 is 13.8. The number of anilines is 1. The number of aryl methyl sites for hydroxylation is 1. The molecule has 0 spiro atoms. The van der Waals surface area contributed by atoms with Crippen LogP contribution >= 0.6 is 11.8 Å². The molecule has 5 aromatic rings. The van der Waals surface area contributed by atoms with Gasteiger partial charge in [0.25, 0.3) is 5.56 Å². The first-order chi connectivity index (χ1) is 16.5. The van der Waals surface area contributed by atoms with E-state index >= 15 is 0 Å². The van der Waals surface area contributed by atoms with Gasteiger partial charge in [0.2, 0.25) is 11.7 Å². The highest BCUT2D eigenvalue weighted by Crippen LogP contribution is 2.24. The highest BCUT2D eigenvalue weighted by Gasteiger charge is 2.19. The molecule has 0 fully saturated rings. The number of nitrogens with one attached hydrogen (secondary N) is 1. The molecule has 11 heteroatoms. The zero-order valence-corrected chi connectivity index (χ0v) is 19.2. The van der Waals surface area contributed by atoms with E-state index in [-0.39, 0.29) is 23.8 Å². The minimum absolute atomic E-state index is 0.0761. The van der Waals surface area contributed by atoms with Crippen LogP contribution in [0, 0.1) is 6.92 Å². The van der Waals surface area contributed by atoms with Crippen molar-refractivity contribution in [1.29, 1.82) is 0 Å². The molecule has 0 saturated carbocycles. The summed E-state index contributed by atoms with van der Waals surface area (Å²) in [5.74, 6) is 1.82. The zero-order valence-electron chi connectivity index (χ0n) is 18.4. The van der Waals surface area contributed by atoms with Gasteiger partial charge in [-0.25, -0.2) is 0 Å². The van der Waals surface area contributed by atoms with Crippen LogP contribution in [0.1, 0.15) is 11.3 Å². The van der Waals surface area contributed by atoms with Crippen molar-refractivity contribution in [3.8, 4) is 5.75 Å². The molecule has 1 N–H and O–H groups in total. The topological polar surface area (TPSA) is 117 Å². The van der Waals surface area contributed by atoms with Gasteiger partial charge in [0.1, 0.15) is 11.5 Å². The number of carbonyl (C=O) groups excluding carboxylic acids is 1. The molecule has 0 atom stereocenters. The third-order valence-electron chi connectivity index (χ3n) is 5.23. The Kier molecular flexibility index (Phi) is 5.76. The van der Waals surface area contributed by atoms with Crippen LogP contribution in [0.15, 0.2) is 69.1 Å². The van der Waals surface area contributed by atoms with Gasteiger partial charge in [0, 0.05) is 11.6 Å². The molecule has 0 saturated heterocycles. The maximum atomic E-state index is 13.4. The predicted molar refractivity (Wildman–Crippen MR) is 127 cm³/mol. The van der Waals surface area contributed by atoms with E-state index in [1.54, 1.807) is 35.1 Å². The minimum Gasteiger partial charge on any atom is -0.496 e. The lowest BCUT2D eigenvalue weighted by atomic mass is 10.2. The van der Waals surface area contributed by atoms with Gasteiger partial charge < -0.3 is 14.6 Å². The molecule has 2 aromatic carbocycles. The predicted octanol–water partition coefficient (Wildman–Crippen LogP) is 3.13. The van der Waals surface area contributed by atoms with Crippen molar-refractivity contribution in [3.05, 3.63) is 76.3 Å². The van der Waals surface area contributed by atoms with Crippen molar-refractivity contribution in [2.45, 2.75) is 18.6 Å². The highest BCUT2D eigenvalue weighted by molar-refractivity contribution is 7.99. The molecule has 0 radical (unpaired) electrons. The van der Waals surface area contributed by atoms with Gasteiger partial charge >= 0.3 is 0 Å². The fourth-order valence-electron chi connectivity index (χ4n) is 3.71. The number of thioether (sulfide) groups is 1. The van der Waals surface area contributed by atoms with E-state index in [1.165, 1.54) is 11.8 Å². The van der Waals surface area contributed by atoms with E-state index in [1.807, 2.05) is 42.5 Å². The number of hydrogen-bond donors (Lipinski definition) is 1. The number of rotatable bonds is 7. The molecule has 0 aliphatic carbocycles. The fraction of sp³-hybridized carbons (Fsp3) is 0.174. The van der Waals surface area contributed by atoms with Gasteiger partial charge in [-0.1, -0.05) is 47.3 Å². The van der Waals surface area contributed by atoms with E-state index in [2.05, 4.69) is 20.7 Å². The molecule has 0 unspecified atom stereocenters. The average molecular weight is 477 g/mol. The average Bonchev–Trinajstić information content (AvgIpc) is 3.46. The second-order valence-corrected chi connectivity index (χ2v) is 8.44. The van der Waals surface area contributed by atoms with Crippen LogP contribution in [0.2, 0.25) is 0 Å². The summed E-state index contributed by atoms with van der Waals surface area (Å²) in [6, 6.07) is 16.4. The first-order valence-corrected chi connectivity index (χ1v) is 11.4. The first kappa shape index (κ1) is 21.7. The number of carbonyl (C=O) groups is 1. The molecular weight excluding hydrogens is 456 g/mol. The quantitative estimate of drug-likeness (QED) is 0.356. The molecule has 3 aromatic heterocycles. The number of methoxy groups -OCH3 is 1. The fourth-order valence-corrected chi connectivity index (χ4v) is 4.45. The van der Waals surface area contributed by atoms with Crippen molar-refractivity contribution in [1.82, 2.24) is 24.3 Å². The van der Waals surface area contributed by atoms with E-state index in [0.717, 1.165) is 5.56 Å². The van der Waals surface area contributed by atoms with Crippen LogP contribution in [-0.4, -0.2) is 43.1 Å². The van der Waals surface area contributed by atoms with Crippen molar-refractivity contribution in [2.24, 2.45) is 0 Å². The molecule has 172 valence electrons. The van der Waals surface area contributed by atoms with Crippen LogP contribution < -0.4 is 15.6 Å². The van der Waals surface area contributed by atoms with E-state index in [0.29, 0.717) is 39.2 Å². The molecule has 3 heterocycles. The van der Waals surface area contributed by atoms with Gasteiger partial charge in [-0.2, -0.15) is 0 Å². The molecular formula is C23H20N6O4S. The summed E-state index contributed by atoms with van der Waals surface area (Å²) in [7, 11) is 1.59. The molecule has 5 rings (SSSR count). The molecule has 0 aliphatic heterocycles. The van der Waals surface area contributed by atoms with Crippen LogP contribution in [0.3, 0.4) is 0 Å². The maximum absolute atomic E-state index is 13.4. The van der Waals surface area contributed by atoms with E-state index in [9.17, 15) is 9.59 Å². The van der Waals surface area contributed by atoms with Crippen molar-refractivity contribution in [2.75, 3.05) is 18.2 Å². The second kappa shape index (κ2) is 9.02. The number of nitrogens with zero attached hydrogens (tertiary/aromatic N) is 5. The van der Waals surface area contributed by atoms with E-state index in [4.69, 9.17) is 9.26 Å². The summed E-state index contributed by atoms with van der Waals surface area (Å²) in [6.45, 7) is 2.00. The summed E-state index contributed by atoms with van der Waals surface area (Å²) in [6.07, 6.45) is 0. The van der Waals surface area contributed by atoms with Gasteiger partial charge in [-0.15, -0.1) is 10.2 Å². The number of ether oxygens (including phenoxy) is 1. The molecule has 34 heavy (non-hydrogen) atoms. The molecule has 1 amide bonds. The lowest BCUT2D eigenvalue weighted by Gasteiger charge is -2.13. The SMILES string of the molecule is COc1ccccc1Cn1c(=O)c2ccccc2n2c(SCC(=O)Nc3cc(C)on3)nnc12. The van der Waals surface area contributed by atoms with Gasteiger partial charge in [-0.3, -0.25) is 18.6 Å². The Labute approximate surface area is 197 Å². The number of benzene rings is 2. The Morgan fingerprint density at radius 1 is 1.15 bits per heavy atom. The van der Waals surface area contributed by atoms with Crippen LogP contribution in [0.4, 0.5) is 5.82 Å². The number of para-hydroxylation sites is 2. The monoisotopic (exact) mass is 476 g/mol. The number of amides is 1. The molecule has 10 nitrogen and oxygen atoms in total. The minimum atomic E-state index is -0.262. The van der Waals surface area contributed by atoms with Crippen LogP contribution in [-0.2, 0) is 11.3 Å². The smallest absolute Gasteiger partial charge is 0.263 e. The Morgan fingerprint density at radius 2 is 1.94 bits per heavy atom.